The largest absolute Gasteiger partial charge is 0.492 e. The van der Waals surface area contributed by atoms with Crippen molar-refractivity contribution in [1.82, 2.24) is 0 Å². The van der Waals surface area contributed by atoms with Gasteiger partial charge >= 0.3 is 0 Å². The lowest BCUT2D eigenvalue weighted by molar-refractivity contribution is -0.117. The molecule has 0 spiro atoms. The maximum absolute atomic E-state index is 10.7. The van der Waals surface area contributed by atoms with Crippen molar-refractivity contribution >= 4 is 40.6 Å². The van der Waals surface area contributed by atoms with Crippen LogP contribution in [0.5, 0.6) is 5.75 Å². The molecule has 0 N–H and O–H groups in total. The second kappa shape index (κ2) is 6.33. The number of Topliss-reactive ketones (excluding diaryl/α,β-unsaturated/α-hetero) is 1. The van der Waals surface area contributed by atoms with Crippen LogP contribution in [-0.4, -0.2) is 12.4 Å². The standard InChI is InChI=1S/C11H11Cl3O2/c1-7(15)3-2-4-16-11-6-9(13)8(12)5-10(11)14/h5-6H,2-4H2,1H3. The van der Waals surface area contributed by atoms with E-state index in [0.29, 0.717) is 40.3 Å². The summed E-state index contributed by atoms with van der Waals surface area (Å²) in [5.74, 6) is 0.628. The molecule has 0 saturated heterocycles. The van der Waals surface area contributed by atoms with E-state index in [1.54, 1.807) is 13.0 Å². The first-order valence-corrected chi connectivity index (χ1v) is 5.91. The van der Waals surface area contributed by atoms with E-state index < -0.39 is 0 Å². The van der Waals surface area contributed by atoms with Crippen LogP contribution in [0.4, 0.5) is 0 Å². The van der Waals surface area contributed by atoms with Crippen LogP contribution < -0.4 is 4.74 Å². The van der Waals surface area contributed by atoms with E-state index >= 15 is 0 Å². The minimum absolute atomic E-state index is 0.142. The fourth-order valence-electron chi connectivity index (χ4n) is 1.12. The van der Waals surface area contributed by atoms with Crippen LogP contribution >= 0.6 is 34.8 Å². The summed E-state index contributed by atoms with van der Waals surface area (Å²) >= 11 is 17.5. The first-order chi connectivity index (χ1) is 7.50. The Morgan fingerprint density at radius 2 is 1.81 bits per heavy atom. The van der Waals surface area contributed by atoms with Gasteiger partial charge in [-0.2, -0.15) is 0 Å². The molecule has 1 rings (SSSR count). The Balaban J connectivity index is 2.54. The highest BCUT2D eigenvalue weighted by Crippen LogP contribution is 2.33. The molecule has 0 heterocycles. The summed E-state index contributed by atoms with van der Waals surface area (Å²) in [5, 5.41) is 1.20. The maximum atomic E-state index is 10.7. The van der Waals surface area contributed by atoms with E-state index in [-0.39, 0.29) is 5.78 Å². The molecule has 1 aromatic rings. The highest BCUT2D eigenvalue weighted by atomic mass is 35.5. The van der Waals surface area contributed by atoms with Crippen molar-refractivity contribution in [1.29, 1.82) is 0 Å². The number of rotatable bonds is 5. The monoisotopic (exact) mass is 280 g/mol. The van der Waals surface area contributed by atoms with E-state index in [1.165, 1.54) is 6.07 Å². The van der Waals surface area contributed by atoms with Crippen LogP contribution in [0.2, 0.25) is 15.1 Å². The molecule has 1 aromatic carbocycles. The van der Waals surface area contributed by atoms with E-state index in [0.717, 1.165) is 0 Å². The summed E-state index contributed by atoms with van der Waals surface area (Å²) in [6.07, 6.45) is 1.16. The number of carbonyl (C=O) groups excluding carboxylic acids is 1. The molecule has 5 heteroatoms. The summed E-state index contributed by atoms with van der Waals surface area (Å²) in [5.41, 5.74) is 0. The predicted molar refractivity (Wildman–Crippen MR) is 66.9 cm³/mol. The zero-order valence-corrected chi connectivity index (χ0v) is 11.0. The lowest BCUT2D eigenvalue weighted by Crippen LogP contribution is -2.00. The van der Waals surface area contributed by atoms with Gasteiger partial charge in [0.05, 0.1) is 21.7 Å². The molecule has 0 aliphatic carbocycles. The topological polar surface area (TPSA) is 26.3 Å². The molecule has 0 fully saturated rings. The van der Waals surface area contributed by atoms with Gasteiger partial charge in [0.2, 0.25) is 0 Å². The van der Waals surface area contributed by atoms with Crippen LogP contribution in [0.3, 0.4) is 0 Å². The summed E-state index contributed by atoms with van der Waals surface area (Å²) < 4.78 is 5.40. The van der Waals surface area contributed by atoms with Gasteiger partial charge in [-0.3, -0.25) is 0 Å². The number of carbonyl (C=O) groups is 1. The van der Waals surface area contributed by atoms with Gasteiger partial charge in [-0.15, -0.1) is 0 Å². The zero-order chi connectivity index (χ0) is 12.1. The van der Waals surface area contributed by atoms with Crippen molar-refractivity contribution in [2.24, 2.45) is 0 Å². The molecule has 16 heavy (non-hydrogen) atoms. The number of hydrogen-bond donors (Lipinski definition) is 0. The molecule has 0 aliphatic heterocycles. The number of hydrogen-bond acceptors (Lipinski definition) is 2. The van der Waals surface area contributed by atoms with Crippen molar-refractivity contribution in [2.45, 2.75) is 19.8 Å². The number of ketones is 1. The van der Waals surface area contributed by atoms with Crippen molar-refractivity contribution in [3.05, 3.63) is 27.2 Å². The Bertz CT molecular complexity index is 391. The van der Waals surface area contributed by atoms with Crippen molar-refractivity contribution in [3.8, 4) is 5.75 Å². The Labute approximate surface area is 109 Å². The molecular formula is C11H11Cl3O2. The van der Waals surface area contributed by atoms with Crippen molar-refractivity contribution < 1.29 is 9.53 Å². The smallest absolute Gasteiger partial charge is 0.139 e. The highest BCUT2D eigenvalue weighted by Gasteiger charge is 2.06. The molecule has 88 valence electrons. The summed E-state index contributed by atoms with van der Waals surface area (Å²) in [6.45, 7) is 1.98. The van der Waals surface area contributed by atoms with Gasteiger partial charge in [-0.1, -0.05) is 34.8 Å². The SMILES string of the molecule is CC(=O)CCCOc1cc(Cl)c(Cl)cc1Cl. The van der Waals surface area contributed by atoms with Crippen LogP contribution in [0.25, 0.3) is 0 Å². The molecule has 0 unspecified atom stereocenters. The minimum Gasteiger partial charge on any atom is -0.492 e. The quantitative estimate of drug-likeness (QED) is 0.591. The van der Waals surface area contributed by atoms with Gasteiger partial charge in [0, 0.05) is 12.5 Å². The number of ether oxygens (including phenoxy) is 1. The molecule has 0 bridgehead atoms. The first-order valence-electron chi connectivity index (χ1n) is 4.77. The molecule has 2 nitrogen and oxygen atoms in total. The van der Waals surface area contributed by atoms with E-state index in [4.69, 9.17) is 39.5 Å². The molecular weight excluding hydrogens is 270 g/mol. The van der Waals surface area contributed by atoms with Crippen LogP contribution in [0, 0.1) is 0 Å². The highest BCUT2D eigenvalue weighted by molar-refractivity contribution is 6.43. The molecule has 0 radical (unpaired) electrons. The molecule has 0 aliphatic rings. The van der Waals surface area contributed by atoms with Gasteiger partial charge in [0.15, 0.2) is 0 Å². The van der Waals surface area contributed by atoms with E-state index in [1.807, 2.05) is 0 Å². The normalized spacial score (nSPS) is 10.2. The Hall–Kier alpha value is -0.440. The average Bonchev–Trinajstić information content (AvgIpc) is 2.19. The second-order valence-corrected chi connectivity index (χ2v) is 4.57. The van der Waals surface area contributed by atoms with E-state index in [9.17, 15) is 4.79 Å². The van der Waals surface area contributed by atoms with Gasteiger partial charge in [0.1, 0.15) is 11.5 Å². The second-order valence-electron chi connectivity index (χ2n) is 3.35. The predicted octanol–water partition coefficient (Wildman–Crippen LogP) is 4.39. The van der Waals surface area contributed by atoms with Crippen molar-refractivity contribution in [2.75, 3.05) is 6.61 Å². The van der Waals surface area contributed by atoms with Crippen LogP contribution in [0.1, 0.15) is 19.8 Å². The zero-order valence-electron chi connectivity index (χ0n) is 8.73. The minimum atomic E-state index is 0.142. The maximum Gasteiger partial charge on any atom is 0.139 e. The number of halogens is 3. The van der Waals surface area contributed by atoms with E-state index in [2.05, 4.69) is 0 Å². The third-order valence-corrected chi connectivity index (χ3v) is 2.92. The van der Waals surface area contributed by atoms with Crippen LogP contribution in [0.15, 0.2) is 12.1 Å². The third kappa shape index (κ3) is 4.20. The third-order valence-electron chi connectivity index (χ3n) is 1.91. The Morgan fingerprint density at radius 1 is 1.19 bits per heavy atom. The summed E-state index contributed by atoms with van der Waals surface area (Å²) in [7, 11) is 0. The van der Waals surface area contributed by atoms with Crippen LogP contribution in [-0.2, 0) is 4.79 Å². The van der Waals surface area contributed by atoms with Gasteiger partial charge in [-0.05, 0) is 19.4 Å². The molecule has 0 amide bonds. The Morgan fingerprint density at radius 3 is 2.44 bits per heavy atom. The molecule has 0 aromatic heterocycles. The number of benzene rings is 1. The fraction of sp³-hybridized carbons (Fsp3) is 0.364. The first kappa shape index (κ1) is 13.6. The Kier molecular flexibility index (Phi) is 5.39. The molecule has 0 atom stereocenters. The molecule has 0 saturated carbocycles. The lowest BCUT2D eigenvalue weighted by atomic mass is 10.2. The van der Waals surface area contributed by atoms with Gasteiger partial charge in [-0.25, -0.2) is 0 Å². The summed E-state index contributed by atoms with van der Waals surface area (Å²) in [4.78, 5) is 10.7. The van der Waals surface area contributed by atoms with Gasteiger partial charge in [0.25, 0.3) is 0 Å². The average molecular weight is 282 g/mol. The lowest BCUT2D eigenvalue weighted by Gasteiger charge is -2.08. The van der Waals surface area contributed by atoms with Gasteiger partial charge < -0.3 is 9.53 Å². The van der Waals surface area contributed by atoms with Crippen molar-refractivity contribution in [3.63, 3.8) is 0 Å². The fourth-order valence-corrected chi connectivity index (χ4v) is 1.71. The summed E-state index contributed by atoms with van der Waals surface area (Å²) in [6, 6.07) is 3.10.